The number of nitrogens with zero attached hydrogens (tertiary/aromatic N) is 9. The highest BCUT2D eigenvalue weighted by Gasteiger charge is 2.52. The highest BCUT2D eigenvalue weighted by Crippen LogP contribution is 2.38. The summed E-state index contributed by atoms with van der Waals surface area (Å²) in [5.41, 5.74) is -0.879. The second-order valence-electron chi connectivity index (χ2n) is 29.4. The van der Waals surface area contributed by atoms with E-state index < -0.39 is 173 Å². The molecule has 3 heterocycles. The van der Waals surface area contributed by atoms with Crippen LogP contribution in [0.3, 0.4) is 0 Å². The maximum Gasteiger partial charge on any atom is 0.417 e. The van der Waals surface area contributed by atoms with Gasteiger partial charge in [0.2, 0.25) is 70.9 Å². The van der Waals surface area contributed by atoms with Gasteiger partial charge < -0.3 is 64.8 Å². The molecule has 4 fully saturated rings. The average Bonchev–Trinajstić information content (AvgIpc) is 1.75. The molecule has 2 aliphatic carbocycles. The van der Waals surface area contributed by atoms with E-state index in [0.717, 1.165) is 45.2 Å². The Morgan fingerprint density at radius 2 is 1.33 bits per heavy atom. The molecule has 9 atom stereocenters. The lowest BCUT2D eigenvalue weighted by Gasteiger charge is -2.42. The van der Waals surface area contributed by atoms with Crippen LogP contribution in [-0.4, -0.2) is 265 Å². The molecule has 0 unspecified atom stereocenters. The van der Waals surface area contributed by atoms with Crippen molar-refractivity contribution in [3.63, 3.8) is 0 Å². The smallest absolute Gasteiger partial charge is 0.375 e. The van der Waals surface area contributed by atoms with Gasteiger partial charge in [0.25, 0.3) is 0 Å². The molecule has 2 aromatic carbocycles. The molecule has 3 N–H and O–H groups in total. The first-order chi connectivity index (χ1) is 48.5. The van der Waals surface area contributed by atoms with Gasteiger partial charge in [-0.3, -0.25) is 57.5 Å². The first-order valence-electron chi connectivity index (χ1n) is 35.9. The number of hydrogen-bond acceptors (Lipinski definition) is 13. The fourth-order valence-electron chi connectivity index (χ4n) is 14.8. The summed E-state index contributed by atoms with van der Waals surface area (Å²) in [6.45, 7) is 7.29. The monoisotopic (exact) mass is 1460 g/mol. The number of aryl methyl sites for hydroxylation is 2. The number of likely N-dealkylation sites (N-methyl/N-ethyl adjacent to an activating group) is 7. The fourth-order valence-corrected chi connectivity index (χ4v) is 15.1. The number of alkyl halides is 3. The number of ether oxygens (including phenoxy) is 1. The predicted molar refractivity (Wildman–Crippen MR) is 379 cm³/mol. The third-order valence-electron chi connectivity index (χ3n) is 21.2. The van der Waals surface area contributed by atoms with E-state index >= 15 is 28.8 Å². The van der Waals surface area contributed by atoms with Crippen LogP contribution in [0.1, 0.15) is 140 Å². The number of benzene rings is 2. The predicted octanol–water partition coefficient (Wildman–Crippen LogP) is 5.01. The number of carbonyl (C=O) groups excluding carboxylic acids is 12. The van der Waals surface area contributed by atoms with Gasteiger partial charge >= 0.3 is 6.18 Å². The lowest BCUT2D eigenvalue weighted by atomic mass is 9.90. The summed E-state index contributed by atoms with van der Waals surface area (Å²) in [5, 5.41) is 8.11. The Labute approximate surface area is 608 Å². The minimum Gasteiger partial charge on any atom is -0.375 e. The van der Waals surface area contributed by atoms with Crippen molar-refractivity contribution in [2.45, 2.75) is 197 Å². The molecule has 25 nitrogen and oxygen atoms in total. The Hall–Kier alpha value is -8.14. The summed E-state index contributed by atoms with van der Waals surface area (Å²) in [6, 6.07) is -0.233. The average molecular weight is 1460 g/mol. The second kappa shape index (κ2) is 36.0. The van der Waals surface area contributed by atoms with Crippen LogP contribution in [0.2, 0.25) is 5.02 Å². The van der Waals surface area contributed by atoms with Gasteiger partial charge in [0.15, 0.2) is 0 Å². The lowest BCUT2D eigenvalue weighted by molar-refractivity contribution is -0.156. The third-order valence-corrected chi connectivity index (χ3v) is 21.6. The number of amides is 12. The summed E-state index contributed by atoms with van der Waals surface area (Å²) >= 11 is 6.18. The highest BCUT2D eigenvalue weighted by atomic mass is 35.5. The molecule has 1 spiro atoms. The SMILES string of the molecule is CC[C@H](C)[C@@H]1NC(=O)[C@H](CC(C)C)N(C)C(=O)C[C@@H](C(=O)N(C)C)N(C)C(=O)[C@H](C2CCCC2)N(C)C(=O)C2(CCCC2)NC(=O)[C@@H]2CCCN2C(=O)[C@H](CCc2ccc(C(F)(F)F)c(Cl)c2)NC(=O)CN(C)C(=O)[C@H](Cc2ccc(C)cc2)N2C/C=C\COC[C@@H](C2=O)N(C)C(=O)CN(C)C1=O. The molecule has 3 aliphatic heterocycles. The Morgan fingerprint density at radius 3 is 1.94 bits per heavy atom. The van der Waals surface area contributed by atoms with Gasteiger partial charge in [-0.1, -0.05) is 119 Å². The van der Waals surface area contributed by atoms with E-state index in [1.54, 1.807) is 31.2 Å². The van der Waals surface area contributed by atoms with Gasteiger partial charge in [-0.25, -0.2) is 0 Å². The standard InChI is InChI=1S/C74H106ClF3N12O13/c1-14-47(5)62-70(100)84(9)43-61(93)86(11)58-44-103-37-20-19-35-90(69(58)99)57(40-49-27-25-46(4)26-28-49)68(98)83(8)42-59(91)79-53(32-30-48-29-31-51(52(75)39-48)74(76,77)78)66(96)89-36-21-24-54(89)65(95)81-73(33-17-18-34-73)72(102)88(13)63(50-22-15-16-23-50)71(101)87(12)56(67(97)82(6)7)41-60(92)85(10)55(38-45(2)3)64(94)80-62/h19-20,25-29,31,39,45,47,50,53-58,62-63H,14-18,21-24,30,32-38,40-44H2,1-13H3,(H,79,91)(H,80,94)(H,81,95)/b20-19-/t47-,53-,54-,55-,56-,57-,58-,62-,63-/m0/s1. The van der Waals surface area contributed by atoms with E-state index in [1.807, 2.05) is 39.8 Å². The van der Waals surface area contributed by atoms with Crippen molar-refractivity contribution in [3.05, 3.63) is 81.9 Å². The van der Waals surface area contributed by atoms with Crippen molar-refractivity contribution in [3.8, 4) is 0 Å². The van der Waals surface area contributed by atoms with Crippen molar-refractivity contribution < 1.29 is 75.4 Å². The van der Waals surface area contributed by atoms with Gasteiger partial charge in [-0.05, 0) is 106 Å². The number of carbonyl (C=O) groups is 12. The van der Waals surface area contributed by atoms with Crippen molar-refractivity contribution in [2.75, 3.05) is 95.8 Å². The van der Waals surface area contributed by atoms with Crippen LogP contribution in [-0.2, 0) is 81.3 Å². The zero-order valence-electron chi connectivity index (χ0n) is 61.9. The molecule has 103 heavy (non-hydrogen) atoms. The molecule has 12 amide bonds. The molecular formula is C74H106ClF3N12O13. The summed E-state index contributed by atoms with van der Waals surface area (Å²) in [6.07, 6.45) is 2.15. The first-order valence-corrected chi connectivity index (χ1v) is 36.3. The quantitative estimate of drug-likeness (QED) is 0.250. The molecule has 29 heteroatoms. The van der Waals surface area contributed by atoms with E-state index in [4.69, 9.17) is 16.3 Å². The summed E-state index contributed by atoms with van der Waals surface area (Å²) in [4.78, 5) is 192. The molecule has 2 saturated carbocycles. The van der Waals surface area contributed by atoms with E-state index in [-0.39, 0.29) is 82.7 Å². The van der Waals surface area contributed by atoms with E-state index in [1.165, 1.54) is 91.8 Å². The first kappa shape index (κ1) is 82.1. The van der Waals surface area contributed by atoms with Gasteiger partial charge in [-0.15, -0.1) is 0 Å². The lowest BCUT2D eigenvalue weighted by Crippen LogP contribution is -2.65. The Kier molecular flexibility index (Phi) is 28.7. The number of halogens is 4. The maximum atomic E-state index is 15.6. The number of hydrogen-bond donors (Lipinski definition) is 3. The van der Waals surface area contributed by atoms with Gasteiger partial charge in [-0.2, -0.15) is 13.2 Å². The van der Waals surface area contributed by atoms with Crippen molar-refractivity contribution in [1.82, 2.24) is 60.0 Å². The molecule has 5 aliphatic rings. The minimum atomic E-state index is -4.78. The Bertz CT molecular complexity index is 3450. The van der Waals surface area contributed by atoms with Gasteiger partial charge in [0, 0.05) is 75.9 Å². The van der Waals surface area contributed by atoms with Crippen LogP contribution in [0.5, 0.6) is 0 Å². The number of fused-ring (bicyclic) bond motifs is 3. The van der Waals surface area contributed by atoms with Crippen LogP contribution >= 0.6 is 11.6 Å². The normalized spacial score (nSPS) is 26.1. The molecular weight excluding hydrogens is 1360 g/mol. The largest absolute Gasteiger partial charge is 0.417 e. The summed E-state index contributed by atoms with van der Waals surface area (Å²) in [7, 11) is 11.3. The maximum absolute atomic E-state index is 15.6. The molecule has 568 valence electrons. The van der Waals surface area contributed by atoms with Crippen molar-refractivity contribution >= 4 is 82.5 Å². The van der Waals surface area contributed by atoms with Gasteiger partial charge in [0.05, 0.1) is 43.3 Å². The molecule has 2 saturated heterocycles. The number of nitrogens with one attached hydrogen (secondary N) is 3. The van der Waals surface area contributed by atoms with E-state index in [2.05, 4.69) is 16.0 Å². The molecule has 2 aromatic rings. The van der Waals surface area contributed by atoms with Crippen LogP contribution in [0.15, 0.2) is 54.6 Å². The molecule has 0 aromatic heterocycles. The third kappa shape index (κ3) is 20.2. The second-order valence-corrected chi connectivity index (χ2v) is 29.8. The van der Waals surface area contributed by atoms with Crippen LogP contribution in [0.25, 0.3) is 0 Å². The molecule has 0 radical (unpaired) electrons. The topological polar surface area (TPSA) is 279 Å². The summed E-state index contributed by atoms with van der Waals surface area (Å²) in [5.74, 6) is -9.58. The van der Waals surface area contributed by atoms with Gasteiger partial charge in [0.1, 0.15) is 53.9 Å². The zero-order valence-corrected chi connectivity index (χ0v) is 62.7. The highest BCUT2D eigenvalue weighted by molar-refractivity contribution is 6.31. The van der Waals surface area contributed by atoms with Crippen LogP contribution in [0.4, 0.5) is 13.2 Å². The van der Waals surface area contributed by atoms with Crippen LogP contribution in [0, 0.1) is 24.7 Å². The number of rotatable bonds is 11. The Balaban J connectivity index is 1.32. The molecule has 7 rings (SSSR count). The minimum absolute atomic E-state index is 0.00255. The zero-order chi connectivity index (χ0) is 76.1. The van der Waals surface area contributed by atoms with E-state index in [9.17, 15) is 41.9 Å². The summed E-state index contributed by atoms with van der Waals surface area (Å²) < 4.78 is 47.7. The van der Waals surface area contributed by atoms with Crippen LogP contribution < -0.4 is 16.0 Å². The molecule has 2 bridgehead atoms. The fraction of sp³-hybridized carbons (Fsp3) is 0.649. The van der Waals surface area contributed by atoms with Crippen molar-refractivity contribution in [2.24, 2.45) is 17.8 Å². The van der Waals surface area contributed by atoms with Crippen molar-refractivity contribution in [1.29, 1.82) is 0 Å². The Morgan fingerprint density at radius 1 is 0.689 bits per heavy atom. The van der Waals surface area contributed by atoms with E-state index in [0.29, 0.717) is 44.1 Å².